The van der Waals surface area contributed by atoms with Gasteiger partial charge in [-0.15, -0.1) is 0 Å². The molecule has 10 heteroatoms. The highest BCUT2D eigenvalue weighted by atomic mass is 35.5. The Morgan fingerprint density at radius 2 is 2.00 bits per heavy atom. The fourth-order valence-corrected chi connectivity index (χ4v) is 5.45. The third-order valence-corrected chi connectivity index (χ3v) is 7.12. The molecule has 0 atom stereocenters. The zero-order chi connectivity index (χ0) is 22.8. The Hall–Kier alpha value is -2.46. The topological polar surface area (TPSA) is 106 Å². The molecule has 2 aliphatic rings. The van der Waals surface area contributed by atoms with E-state index in [1.54, 1.807) is 0 Å². The first kappa shape index (κ1) is 22.3. The number of rotatable bonds is 6. The van der Waals surface area contributed by atoms with Crippen molar-refractivity contribution in [1.29, 1.82) is 0 Å². The minimum absolute atomic E-state index is 0.152. The number of benzene rings is 2. The Kier molecular flexibility index (Phi) is 6.64. The number of anilines is 1. The van der Waals surface area contributed by atoms with Crippen molar-refractivity contribution in [1.82, 2.24) is 25.2 Å². The lowest BCUT2D eigenvalue weighted by atomic mass is 9.94. The molecule has 2 aliphatic heterocycles. The van der Waals surface area contributed by atoms with Gasteiger partial charge in [0.05, 0.1) is 18.2 Å². The number of nitrogens with one attached hydrogen (secondary N) is 1. The summed E-state index contributed by atoms with van der Waals surface area (Å²) < 4.78 is 5.68. The second kappa shape index (κ2) is 9.80. The van der Waals surface area contributed by atoms with Crippen LogP contribution in [-0.4, -0.2) is 57.7 Å². The van der Waals surface area contributed by atoms with Crippen LogP contribution >= 0.6 is 23.4 Å². The Balaban J connectivity index is 1.34. The molecule has 2 aromatic carbocycles. The Bertz CT molecular complexity index is 1200. The average Bonchev–Trinajstić information content (AvgIpc) is 2.82. The maximum absolute atomic E-state index is 12.4. The van der Waals surface area contributed by atoms with E-state index in [0.29, 0.717) is 35.6 Å². The summed E-state index contributed by atoms with van der Waals surface area (Å²) in [5, 5.41) is 6.48. The van der Waals surface area contributed by atoms with Gasteiger partial charge in [0.2, 0.25) is 11.9 Å². The number of aromatic nitrogens is 3. The maximum atomic E-state index is 12.4. The van der Waals surface area contributed by atoms with Gasteiger partial charge in [0.25, 0.3) is 0 Å². The fourth-order valence-electron chi connectivity index (χ4n) is 4.35. The summed E-state index contributed by atoms with van der Waals surface area (Å²) >= 11 is 8.16. The van der Waals surface area contributed by atoms with E-state index in [1.807, 2.05) is 23.1 Å². The van der Waals surface area contributed by atoms with Crippen LogP contribution in [0.25, 0.3) is 22.2 Å². The number of nitrogens with zero attached hydrogens (tertiary/aromatic N) is 4. The first-order valence-corrected chi connectivity index (χ1v) is 12.4. The Labute approximate surface area is 201 Å². The zero-order valence-electron chi connectivity index (χ0n) is 18.1. The largest absolute Gasteiger partial charge is 0.372 e. The Morgan fingerprint density at radius 3 is 2.85 bits per heavy atom. The van der Waals surface area contributed by atoms with Gasteiger partial charge >= 0.3 is 0 Å². The second-order valence-corrected chi connectivity index (χ2v) is 9.58. The summed E-state index contributed by atoms with van der Waals surface area (Å²) in [6.07, 6.45) is 1.26. The molecule has 3 aromatic rings. The molecule has 3 heterocycles. The van der Waals surface area contributed by atoms with E-state index in [1.165, 1.54) is 11.8 Å². The van der Waals surface area contributed by atoms with Crippen molar-refractivity contribution >= 4 is 46.0 Å². The summed E-state index contributed by atoms with van der Waals surface area (Å²) in [6.45, 7) is 4.38. The Morgan fingerprint density at radius 1 is 1.18 bits per heavy atom. The molecule has 1 saturated heterocycles. The molecule has 5 rings (SSSR count). The van der Waals surface area contributed by atoms with Crippen LogP contribution in [0.3, 0.4) is 0 Å². The van der Waals surface area contributed by atoms with E-state index >= 15 is 0 Å². The van der Waals surface area contributed by atoms with Crippen LogP contribution in [0.15, 0.2) is 29.4 Å². The number of piperazine rings is 1. The van der Waals surface area contributed by atoms with Crippen molar-refractivity contribution in [3.05, 3.63) is 40.4 Å². The first-order valence-electron chi connectivity index (χ1n) is 11.0. The third-order valence-electron chi connectivity index (χ3n) is 5.89. The van der Waals surface area contributed by atoms with Crippen LogP contribution in [0.1, 0.15) is 24.0 Å². The summed E-state index contributed by atoms with van der Waals surface area (Å²) in [5.41, 5.74) is 8.97. The lowest BCUT2D eigenvalue weighted by Crippen LogP contribution is -2.46. The molecule has 3 N–H and O–H groups in total. The van der Waals surface area contributed by atoms with Gasteiger partial charge in [0, 0.05) is 43.9 Å². The van der Waals surface area contributed by atoms with Crippen molar-refractivity contribution in [3.8, 4) is 11.4 Å². The minimum Gasteiger partial charge on any atom is -0.372 e. The van der Waals surface area contributed by atoms with Crippen LogP contribution in [0.2, 0.25) is 5.02 Å². The van der Waals surface area contributed by atoms with E-state index in [9.17, 15) is 4.79 Å². The van der Waals surface area contributed by atoms with Gasteiger partial charge in [-0.1, -0.05) is 41.6 Å². The highest BCUT2D eigenvalue weighted by Gasteiger charge is 2.21. The number of hydrogen-bond donors (Lipinski definition) is 2. The van der Waals surface area contributed by atoms with Crippen molar-refractivity contribution in [3.63, 3.8) is 0 Å². The predicted octanol–water partition coefficient (Wildman–Crippen LogP) is 3.26. The molecule has 33 heavy (non-hydrogen) atoms. The second-order valence-electron chi connectivity index (χ2n) is 8.11. The molecule has 0 bridgehead atoms. The molecule has 0 radical (unpaired) electrons. The molecule has 1 aromatic heterocycles. The third kappa shape index (κ3) is 4.77. The maximum Gasteiger partial charge on any atom is 0.224 e. The van der Waals surface area contributed by atoms with E-state index in [2.05, 4.69) is 26.3 Å². The zero-order valence-corrected chi connectivity index (χ0v) is 19.7. The van der Waals surface area contributed by atoms with Gasteiger partial charge in [-0.25, -0.2) is 4.98 Å². The van der Waals surface area contributed by atoms with Gasteiger partial charge in [-0.2, -0.15) is 9.97 Å². The lowest BCUT2D eigenvalue weighted by molar-refractivity contribution is -0.131. The monoisotopic (exact) mass is 484 g/mol. The number of halogens is 1. The predicted molar refractivity (Wildman–Crippen MR) is 130 cm³/mol. The molecule has 0 spiro atoms. The number of thioether (sulfide) groups is 1. The lowest BCUT2D eigenvalue weighted by Gasteiger charge is -2.27. The van der Waals surface area contributed by atoms with Gasteiger partial charge in [0.1, 0.15) is 0 Å². The molecule has 1 amide bonds. The number of ether oxygens (including phenoxy) is 1. The van der Waals surface area contributed by atoms with Crippen LogP contribution < -0.4 is 11.1 Å². The normalized spacial score (nSPS) is 15.7. The number of nitrogen functional groups attached to an aromatic ring is 1. The average molecular weight is 485 g/mol. The molecular formula is C23H25ClN6O2S. The first-order chi connectivity index (χ1) is 16.1. The smallest absolute Gasteiger partial charge is 0.224 e. The molecule has 172 valence electrons. The quantitative estimate of drug-likeness (QED) is 0.405. The van der Waals surface area contributed by atoms with Crippen LogP contribution in [0.4, 0.5) is 5.95 Å². The summed E-state index contributed by atoms with van der Waals surface area (Å²) in [7, 11) is 0. The van der Waals surface area contributed by atoms with Crippen molar-refractivity contribution in [2.24, 2.45) is 0 Å². The van der Waals surface area contributed by atoms with Crippen molar-refractivity contribution in [2.75, 3.05) is 37.7 Å². The van der Waals surface area contributed by atoms with Crippen LogP contribution in [-0.2, 0) is 22.7 Å². The number of carbonyl (C=O) groups is 1. The summed E-state index contributed by atoms with van der Waals surface area (Å²) in [5.74, 6) is 1.53. The van der Waals surface area contributed by atoms with E-state index in [-0.39, 0.29) is 11.9 Å². The van der Waals surface area contributed by atoms with Crippen LogP contribution in [0.5, 0.6) is 0 Å². The van der Waals surface area contributed by atoms with Gasteiger partial charge in [-0.3, -0.25) is 4.79 Å². The number of nitrogens with two attached hydrogens (primary N) is 1. The number of carbonyl (C=O) groups excluding carboxylic acids is 1. The van der Waals surface area contributed by atoms with Crippen LogP contribution in [0, 0.1) is 0 Å². The standard InChI is InChI=1S/C23H25ClN6O2S/c24-17-11-15-13-32-12-14-3-1-4-16(19(14)15)20(17)21-27-22(25)29-23(28-21)33-10-2-5-18(31)30-8-6-26-7-9-30/h1,3-4,11,26H,2,5-10,12-13H2,(H2,25,27,28,29). The van der Waals surface area contributed by atoms with Crippen molar-refractivity contribution in [2.45, 2.75) is 31.2 Å². The SMILES string of the molecule is Nc1nc(SCCCC(=O)N2CCNCC2)nc(-c2c(Cl)cc3c4c(cccc24)COC3)n1. The van der Waals surface area contributed by atoms with Gasteiger partial charge in [-0.05, 0) is 34.4 Å². The molecule has 0 saturated carbocycles. The van der Waals surface area contributed by atoms with E-state index in [0.717, 1.165) is 65.8 Å². The van der Waals surface area contributed by atoms with E-state index in [4.69, 9.17) is 22.1 Å². The van der Waals surface area contributed by atoms with E-state index < -0.39 is 0 Å². The number of amides is 1. The molecule has 0 aliphatic carbocycles. The molecule has 8 nitrogen and oxygen atoms in total. The van der Waals surface area contributed by atoms with Crippen molar-refractivity contribution < 1.29 is 9.53 Å². The summed E-state index contributed by atoms with van der Waals surface area (Å²) in [6, 6.07) is 8.01. The number of hydrogen-bond acceptors (Lipinski definition) is 8. The minimum atomic E-state index is 0.152. The van der Waals surface area contributed by atoms with Gasteiger partial charge < -0.3 is 20.7 Å². The highest BCUT2D eigenvalue weighted by molar-refractivity contribution is 7.99. The fraction of sp³-hybridized carbons (Fsp3) is 0.391. The summed E-state index contributed by atoms with van der Waals surface area (Å²) in [4.78, 5) is 27.6. The molecule has 1 fully saturated rings. The molecular weight excluding hydrogens is 460 g/mol. The van der Waals surface area contributed by atoms with Gasteiger partial charge in [0.15, 0.2) is 11.0 Å². The highest BCUT2D eigenvalue weighted by Crippen LogP contribution is 2.39. The molecule has 0 unspecified atom stereocenters.